The Labute approximate surface area is 143 Å². The molecule has 1 aliphatic carbocycles. The van der Waals surface area contributed by atoms with Crippen LogP contribution >= 0.6 is 0 Å². The van der Waals surface area contributed by atoms with Gasteiger partial charge in [-0.3, -0.25) is 0 Å². The molecule has 2 heteroatoms. The van der Waals surface area contributed by atoms with Crippen molar-refractivity contribution in [3.05, 3.63) is 76.4 Å². The van der Waals surface area contributed by atoms with Crippen molar-refractivity contribution < 1.29 is 9.47 Å². The van der Waals surface area contributed by atoms with Crippen LogP contribution in [0.3, 0.4) is 0 Å². The number of methoxy groups -OCH3 is 1. The van der Waals surface area contributed by atoms with Crippen molar-refractivity contribution in [1.29, 1.82) is 0 Å². The second-order valence-corrected chi connectivity index (χ2v) is 6.96. The lowest BCUT2D eigenvalue weighted by Crippen LogP contribution is -2.23. The predicted octanol–water partition coefficient (Wildman–Crippen LogP) is 4.85. The zero-order chi connectivity index (χ0) is 16.7. The highest BCUT2D eigenvalue weighted by Gasteiger charge is 2.41. The van der Waals surface area contributed by atoms with Gasteiger partial charge in [0.2, 0.25) is 0 Å². The van der Waals surface area contributed by atoms with Crippen LogP contribution in [0.4, 0.5) is 0 Å². The molecule has 1 aliphatic heterocycles. The van der Waals surface area contributed by atoms with Gasteiger partial charge in [-0.2, -0.15) is 0 Å². The minimum Gasteiger partial charge on any atom is -0.497 e. The molecule has 122 valence electrons. The molecular weight excluding hydrogens is 296 g/mol. The van der Waals surface area contributed by atoms with Crippen molar-refractivity contribution in [3.63, 3.8) is 0 Å². The molecule has 0 unspecified atom stereocenters. The first-order valence-electron chi connectivity index (χ1n) is 8.37. The van der Waals surface area contributed by atoms with Crippen LogP contribution in [0.25, 0.3) is 11.6 Å². The summed E-state index contributed by atoms with van der Waals surface area (Å²) >= 11 is 0. The third-order valence-electron chi connectivity index (χ3n) is 5.12. The quantitative estimate of drug-likeness (QED) is 0.788. The van der Waals surface area contributed by atoms with Gasteiger partial charge in [-0.05, 0) is 51.6 Å². The maximum atomic E-state index is 5.92. The van der Waals surface area contributed by atoms with Crippen LogP contribution < -0.4 is 4.74 Å². The summed E-state index contributed by atoms with van der Waals surface area (Å²) in [4.78, 5) is 0. The molecule has 0 saturated heterocycles. The van der Waals surface area contributed by atoms with Crippen LogP contribution in [0.2, 0.25) is 0 Å². The Kier molecular flexibility index (Phi) is 3.58. The van der Waals surface area contributed by atoms with E-state index in [0.717, 1.165) is 5.75 Å². The first-order valence-corrected chi connectivity index (χ1v) is 8.37. The molecule has 0 bridgehead atoms. The molecule has 0 N–H and O–H groups in total. The second kappa shape index (κ2) is 5.64. The average molecular weight is 318 g/mol. The summed E-state index contributed by atoms with van der Waals surface area (Å²) in [6.07, 6.45) is 2.26. The minimum absolute atomic E-state index is 0.0381. The van der Waals surface area contributed by atoms with E-state index in [2.05, 4.69) is 56.3 Å². The van der Waals surface area contributed by atoms with Gasteiger partial charge in [-0.25, -0.2) is 0 Å². The lowest BCUT2D eigenvalue weighted by molar-refractivity contribution is 0.186. The van der Waals surface area contributed by atoms with E-state index < -0.39 is 0 Å². The molecule has 4 rings (SSSR count). The van der Waals surface area contributed by atoms with E-state index >= 15 is 0 Å². The van der Waals surface area contributed by atoms with Gasteiger partial charge in [-0.15, -0.1) is 0 Å². The predicted molar refractivity (Wildman–Crippen MR) is 98.2 cm³/mol. The minimum atomic E-state index is -0.0381. The SMILES string of the molecule is COc1ccc2c(c1)C(C)(C)C1=C2COC/C1=C\c1ccccc1. The number of fused-ring (bicyclic) bond motifs is 2. The third kappa shape index (κ3) is 2.30. The monoisotopic (exact) mass is 318 g/mol. The number of ether oxygens (including phenoxy) is 2. The van der Waals surface area contributed by atoms with Gasteiger partial charge >= 0.3 is 0 Å². The van der Waals surface area contributed by atoms with Crippen molar-refractivity contribution in [2.75, 3.05) is 20.3 Å². The van der Waals surface area contributed by atoms with E-state index in [0.29, 0.717) is 13.2 Å². The largest absolute Gasteiger partial charge is 0.497 e. The normalized spacial score (nSPS) is 20.0. The Balaban J connectivity index is 1.86. The maximum Gasteiger partial charge on any atom is 0.119 e. The van der Waals surface area contributed by atoms with E-state index in [1.807, 2.05) is 12.1 Å². The third-order valence-corrected chi connectivity index (χ3v) is 5.12. The topological polar surface area (TPSA) is 18.5 Å². The highest BCUT2D eigenvalue weighted by Crippen LogP contribution is 2.51. The fourth-order valence-corrected chi connectivity index (χ4v) is 4.02. The standard InChI is InChI=1S/C22H22O2/c1-22(2)20-12-17(23-3)9-10-18(20)19-14-24-13-16(21(19)22)11-15-7-5-4-6-8-15/h4-12H,13-14H2,1-3H3/b16-11+. The zero-order valence-electron chi connectivity index (χ0n) is 14.4. The lowest BCUT2D eigenvalue weighted by atomic mass is 9.77. The van der Waals surface area contributed by atoms with Crippen LogP contribution in [0.15, 0.2) is 59.7 Å². The van der Waals surface area contributed by atoms with E-state index in [-0.39, 0.29) is 5.41 Å². The van der Waals surface area contributed by atoms with E-state index in [9.17, 15) is 0 Å². The summed E-state index contributed by atoms with van der Waals surface area (Å²) in [6, 6.07) is 16.9. The molecule has 0 spiro atoms. The number of hydrogen-bond donors (Lipinski definition) is 0. The van der Waals surface area contributed by atoms with Gasteiger partial charge in [0.25, 0.3) is 0 Å². The average Bonchev–Trinajstić information content (AvgIpc) is 2.84. The molecular formula is C22H22O2. The molecule has 24 heavy (non-hydrogen) atoms. The van der Waals surface area contributed by atoms with Crippen LogP contribution in [-0.2, 0) is 10.2 Å². The van der Waals surface area contributed by atoms with E-state index in [4.69, 9.17) is 9.47 Å². The summed E-state index contributed by atoms with van der Waals surface area (Å²) in [7, 11) is 1.72. The molecule has 2 nitrogen and oxygen atoms in total. The van der Waals surface area contributed by atoms with Crippen molar-refractivity contribution in [1.82, 2.24) is 0 Å². The highest BCUT2D eigenvalue weighted by molar-refractivity contribution is 5.87. The molecule has 2 aromatic rings. The van der Waals surface area contributed by atoms with Crippen molar-refractivity contribution in [3.8, 4) is 5.75 Å². The van der Waals surface area contributed by atoms with Crippen molar-refractivity contribution in [2.24, 2.45) is 0 Å². The van der Waals surface area contributed by atoms with Crippen molar-refractivity contribution in [2.45, 2.75) is 19.3 Å². The number of hydrogen-bond acceptors (Lipinski definition) is 2. The fraction of sp³-hybridized carbons (Fsp3) is 0.273. The first-order chi connectivity index (χ1) is 11.6. The van der Waals surface area contributed by atoms with Gasteiger partial charge in [0.05, 0.1) is 20.3 Å². The number of benzene rings is 2. The fourth-order valence-electron chi connectivity index (χ4n) is 4.02. The lowest BCUT2D eigenvalue weighted by Gasteiger charge is -2.29. The summed E-state index contributed by atoms with van der Waals surface area (Å²) in [6.45, 7) is 5.96. The summed E-state index contributed by atoms with van der Waals surface area (Å²) in [5, 5.41) is 0. The highest BCUT2D eigenvalue weighted by atomic mass is 16.5. The Morgan fingerprint density at radius 1 is 1.04 bits per heavy atom. The van der Waals surface area contributed by atoms with Gasteiger partial charge in [0, 0.05) is 5.41 Å². The molecule has 2 aliphatic rings. The summed E-state index contributed by atoms with van der Waals surface area (Å²) in [5.41, 5.74) is 7.83. The second-order valence-electron chi connectivity index (χ2n) is 6.96. The van der Waals surface area contributed by atoms with E-state index in [1.54, 1.807) is 7.11 Å². The van der Waals surface area contributed by atoms with Crippen LogP contribution in [0.1, 0.15) is 30.5 Å². The van der Waals surface area contributed by atoms with Gasteiger partial charge in [-0.1, -0.05) is 50.2 Å². The van der Waals surface area contributed by atoms with Crippen LogP contribution in [0.5, 0.6) is 5.75 Å². The summed E-state index contributed by atoms with van der Waals surface area (Å²) < 4.78 is 11.4. The van der Waals surface area contributed by atoms with Crippen LogP contribution in [0, 0.1) is 0 Å². The smallest absolute Gasteiger partial charge is 0.119 e. The molecule has 0 radical (unpaired) electrons. The Bertz CT molecular complexity index is 842. The van der Waals surface area contributed by atoms with Crippen molar-refractivity contribution >= 4 is 11.6 Å². The molecule has 0 fully saturated rings. The Hall–Kier alpha value is -2.32. The Morgan fingerprint density at radius 2 is 1.83 bits per heavy atom. The maximum absolute atomic E-state index is 5.92. The summed E-state index contributed by atoms with van der Waals surface area (Å²) in [5.74, 6) is 0.913. The molecule has 0 amide bonds. The first kappa shape index (κ1) is 15.2. The molecule has 1 heterocycles. The zero-order valence-corrected chi connectivity index (χ0v) is 14.4. The molecule has 0 saturated carbocycles. The van der Waals surface area contributed by atoms with Crippen LogP contribution in [-0.4, -0.2) is 20.3 Å². The Morgan fingerprint density at radius 3 is 2.58 bits per heavy atom. The van der Waals surface area contributed by atoms with E-state index in [1.165, 1.54) is 33.4 Å². The molecule has 0 aromatic heterocycles. The van der Waals surface area contributed by atoms with Gasteiger partial charge in [0.1, 0.15) is 5.75 Å². The van der Waals surface area contributed by atoms with Gasteiger partial charge < -0.3 is 9.47 Å². The molecule has 2 aromatic carbocycles. The number of rotatable bonds is 2. The molecule has 0 atom stereocenters. The van der Waals surface area contributed by atoms with Gasteiger partial charge in [0.15, 0.2) is 0 Å².